The normalized spacial score (nSPS) is 10.3. The van der Waals surface area contributed by atoms with Crippen molar-refractivity contribution in [2.45, 2.75) is 6.61 Å². The van der Waals surface area contributed by atoms with Crippen molar-refractivity contribution in [1.29, 1.82) is 0 Å². The fraction of sp³-hybridized carbons (Fsp3) is 0.214. The fourth-order valence-corrected chi connectivity index (χ4v) is 1.62. The molecule has 0 spiro atoms. The molecule has 2 aromatic rings. The van der Waals surface area contributed by atoms with E-state index < -0.39 is 18.5 Å². The van der Waals surface area contributed by atoms with Gasteiger partial charge in [0.1, 0.15) is 11.3 Å². The zero-order valence-corrected chi connectivity index (χ0v) is 12.2. The number of hydrogen-bond donors (Lipinski definition) is 0. The maximum Gasteiger partial charge on any atom is 0.388 e. The number of benzene rings is 1. The highest BCUT2D eigenvalue weighted by Gasteiger charge is 2.16. The number of alkyl halides is 2. The Balaban J connectivity index is 2.34. The summed E-state index contributed by atoms with van der Waals surface area (Å²) in [5, 5.41) is 0. The Morgan fingerprint density at radius 2 is 1.83 bits per heavy atom. The monoisotopic (exact) mass is 326 g/mol. The van der Waals surface area contributed by atoms with Crippen LogP contribution in [-0.2, 0) is 4.74 Å². The Morgan fingerprint density at radius 3 is 2.48 bits per heavy atom. The molecular weight excluding hydrogens is 314 g/mol. The summed E-state index contributed by atoms with van der Waals surface area (Å²) in [5.74, 6) is -1.01. The number of esters is 1. The number of ether oxygens (including phenoxy) is 4. The molecule has 1 aromatic carbocycles. The highest BCUT2D eigenvalue weighted by molar-refractivity contribution is 5.92. The van der Waals surface area contributed by atoms with Crippen molar-refractivity contribution >= 4 is 5.97 Å². The number of carbonyl (C=O) groups is 1. The van der Waals surface area contributed by atoms with Gasteiger partial charge in [0.2, 0.25) is 11.8 Å². The number of rotatable bonds is 6. The third kappa shape index (κ3) is 4.25. The maximum absolute atomic E-state index is 12.3. The minimum atomic E-state index is -3.06. The molecule has 122 valence electrons. The molecule has 0 amide bonds. The lowest BCUT2D eigenvalue weighted by atomic mass is 10.2. The van der Waals surface area contributed by atoms with Gasteiger partial charge < -0.3 is 18.9 Å². The molecule has 0 fully saturated rings. The molecule has 1 heterocycles. The molecule has 0 saturated heterocycles. The molecule has 0 radical (unpaired) electrons. The van der Waals surface area contributed by atoms with Crippen LogP contribution in [0.4, 0.5) is 8.78 Å². The average Bonchev–Trinajstić information content (AvgIpc) is 2.53. The second kappa shape index (κ2) is 7.34. The minimum Gasteiger partial charge on any atom is -0.481 e. The van der Waals surface area contributed by atoms with Gasteiger partial charge in [0.15, 0.2) is 0 Å². The van der Waals surface area contributed by atoms with Gasteiger partial charge in [-0.25, -0.2) is 4.79 Å². The van der Waals surface area contributed by atoms with Crippen molar-refractivity contribution in [3.63, 3.8) is 0 Å². The Hall–Kier alpha value is -2.97. The van der Waals surface area contributed by atoms with Gasteiger partial charge in [0.05, 0.1) is 20.3 Å². The second-order valence-corrected chi connectivity index (χ2v) is 4.00. The van der Waals surface area contributed by atoms with Crippen LogP contribution in [-0.4, -0.2) is 36.8 Å². The number of halogens is 2. The van der Waals surface area contributed by atoms with E-state index in [-0.39, 0.29) is 23.2 Å². The highest BCUT2D eigenvalue weighted by Crippen LogP contribution is 2.27. The van der Waals surface area contributed by atoms with Gasteiger partial charge in [-0.2, -0.15) is 18.7 Å². The smallest absolute Gasteiger partial charge is 0.388 e. The van der Waals surface area contributed by atoms with Crippen molar-refractivity contribution in [2.75, 3.05) is 14.2 Å². The molecule has 0 bridgehead atoms. The van der Waals surface area contributed by atoms with E-state index in [1.54, 1.807) is 12.1 Å². The standard InChI is InChI=1S/C14H12F2N2O5/c1-20-10-7-11(23-13(15)16)18-14(17-10)22-9-6-4-3-5-8(9)12(19)21-2/h3-7,13H,1-2H3. The Bertz CT molecular complexity index is 697. The summed E-state index contributed by atoms with van der Waals surface area (Å²) in [7, 11) is 2.51. The Kier molecular flexibility index (Phi) is 5.23. The summed E-state index contributed by atoms with van der Waals surface area (Å²) in [6.07, 6.45) is 0. The molecule has 23 heavy (non-hydrogen) atoms. The lowest BCUT2D eigenvalue weighted by Crippen LogP contribution is -2.07. The number of nitrogens with zero attached hydrogens (tertiary/aromatic N) is 2. The first kappa shape index (κ1) is 16.4. The van der Waals surface area contributed by atoms with Crippen LogP contribution in [0.5, 0.6) is 23.5 Å². The van der Waals surface area contributed by atoms with Gasteiger partial charge in [-0.3, -0.25) is 0 Å². The first-order chi connectivity index (χ1) is 11.0. The number of hydrogen-bond acceptors (Lipinski definition) is 7. The maximum atomic E-state index is 12.3. The minimum absolute atomic E-state index is 0.0406. The van der Waals surface area contributed by atoms with Crippen LogP contribution < -0.4 is 14.2 Å². The summed E-state index contributed by atoms with van der Waals surface area (Å²) in [5.41, 5.74) is 0.123. The molecule has 2 rings (SSSR count). The molecule has 1 aromatic heterocycles. The molecule has 0 N–H and O–H groups in total. The van der Waals surface area contributed by atoms with E-state index in [4.69, 9.17) is 9.47 Å². The molecule has 0 aliphatic rings. The molecule has 0 aliphatic heterocycles. The van der Waals surface area contributed by atoms with Crippen LogP contribution in [0.2, 0.25) is 0 Å². The molecule has 0 saturated carbocycles. The van der Waals surface area contributed by atoms with Gasteiger partial charge >= 0.3 is 18.6 Å². The van der Waals surface area contributed by atoms with Crippen molar-refractivity contribution in [3.05, 3.63) is 35.9 Å². The average molecular weight is 326 g/mol. The molecule has 0 unspecified atom stereocenters. The van der Waals surface area contributed by atoms with Crippen LogP contribution >= 0.6 is 0 Å². The summed E-state index contributed by atoms with van der Waals surface area (Å²) in [4.78, 5) is 19.2. The quantitative estimate of drug-likeness (QED) is 0.755. The SMILES string of the molecule is COC(=O)c1ccccc1Oc1nc(OC)cc(OC(F)F)n1. The summed E-state index contributed by atoms with van der Waals surface area (Å²) in [6, 6.07) is 6.91. The van der Waals surface area contributed by atoms with Gasteiger partial charge in [-0.1, -0.05) is 12.1 Å². The zero-order chi connectivity index (χ0) is 16.8. The van der Waals surface area contributed by atoms with Crippen molar-refractivity contribution in [1.82, 2.24) is 9.97 Å². The summed E-state index contributed by atoms with van der Waals surface area (Å²) >= 11 is 0. The third-order valence-electron chi connectivity index (χ3n) is 2.57. The largest absolute Gasteiger partial charge is 0.481 e. The van der Waals surface area contributed by atoms with Crippen molar-refractivity contribution in [2.24, 2.45) is 0 Å². The van der Waals surface area contributed by atoms with Gasteiger partial charge in [-0.05, 0) is 12.1 Å². The van der Waals surface area contributed by atoms with E-state index in [0.717, 1.165) is 6.07 Å². The van der Waals surface area contributed by atoms with Gasteiger partial charge in [0, 0.05) is 0 Å². The van der Waals surface area contributed by atoms with E-state index in [9.17, 15) is 13.6 Å². The highest BCUT2D eigenvalue weighted by atomic mass is 19.3. The topological polar surface area (TPSA) is 79.8 Å². The van der Waals surface area contributed by atoms with E-state index in [1.165, 1.54) is 26.4 Å². The number of carbonyl (C=O) groups excluding carboxylic acids is 1. The predicted octanol–water partition coefficient (Wildman–Crippen LogP) is 2.67. The molecule has 0 atom stereocenters. The van der Waals surface area contributed by atoms with Crippen LogP contribution in [0.3, 0.4) is 0 Å². The Labute approximate surface area is 129 Å². The number of methoxy groups -OCH3 is 2. The van der Waals surface area contributed by atoms with Crippen LogP contribution in [0, 0.1) is 0 Å². The summed E-state index contributed by atoms with van der Waals surface area (Å²) in [6.45, 7) is -3.06. The van der Waals surface area contributed by atoms with Crippen LogP contribution in [0.1, 0.15) is 10.4 Å². The molecular formula is C14H12F2N2O5. The zero-order valence-electron chi connectivity index (χ0n) is 12.2. The third-order valence-corrected chi connectivity index (χ3v) is 2.57. The Morgan fingerprint density at radius 1 is 1.13 bits per heavy atom. The molecule has 9 heteroatoms. The van der Waals surface area contributed by atoms with Crippen LogP contribution in [0.25, 0.3) is 0 Å². The van der Waals surface area contributed by atoms with E-state index in [0.29, 0.717) is 0 Å². The van der Waals surface area contributed by atoms with Crippen LogP contribution in [0.15, 0.2) is 30.3 Å². The predicted molar refractivity (Wildman–Crippen MR) is 73.1 cm³/mol. The lowest BCUT2D eigenvalue weighted by molar-refractivity contribution is -0.0532. The lowest BCUT2D eigenvalue weighted by Gasteiger charge is -2.10. The summed E-state index contributed by atoms with van der Waals surface area (Å²) < 4.78 is 43.7. The van der Waals surface area contributed by atoms with E-state index in [2.05, 4.69) is 19.4 Å². The number of aromatic nitrogens is 2. The molecule has 0 aliphatic carbocycles. The first-order valence-corrected chi connectivity index (χ1v) is 6.26. The van der Waals surface area contributed by atoms with Gasteiger partial charge in [-0.15, -0.1) is 0 Å². The van der Waals surface area contributed by atoms with E-state index in [1.807, 2.05) is 0 Å². The first-order valence-electron chi connectivity index (χ1n) is 6.26. The van der Waals surface area contributed by atoms with Crippen molar-refractivity contribution in [3.8, 4) is 23.5 Å². The van der Waals surface area contributed by atoms with Crippen molar-refractivity contribution < 1.29 is 32.5 Å². The van der Waals surface area contributed by atoms with Gasteiger partial charge in [0.25, 0.3) is 0 Å². The number of para-hydroxylation sites is 1. The van der Waals surface area contributed by atoms with E-state index >= 15 is 0 Å². The second-order valence-electron chi connectivity index (χ2n) is 4.00. The molecule has 7 nitrogen and oxygen atoms in total. The fourth-order valence-electron chi connectivity index (χ4n) is 1.62.